The summed E-state index contributed by atoms with van der Waals surface area (Å²) in [5, 5.41) is 0. The van der Waals surface area contributed by atoms with Gasteiger partial charge in [0.05, 0.1) is 0 Å². The van der Waals surface area contributed by atoms with Crippen molar-refractivity contribution in [3.63, 3.8) is 0 Å². The molecule has 0 fully saturated rings. The van der Waals surface area contributed by atoms with Crippen LogP contribution >= 0.6 is 0 Å². The summed E-state index contributed by atoms with van der Waals surface area (Å²) in [6, 6.07) is 11.1. The Labute approximate surface area is 111 Å². The lowest BCUT2D eigenvalue weighted by molar-refractivity contribution is 0.313. The van der Waals surface area contributed by atoms with Gasteiger partial charge in [0.1, 0.15) is 11.6 Å². The van der Waals surface area contributed by atoms with Crippen LogP contribution in [-0.4, -0.2) is 11.9 Å². The number of nitrogens with two attached hydrogens (primary N) is 1. The van der Waals surface area contributed by atoms with Crippen molar-refractivity contribution < 1.29 is 8.78 Å². The maximum Gasteiger partial charge on any atom is 0.127 e. The molecule has 0 spiro atoms. The van der Waals surface area contributed by atoms with E-state index in [9.17, 15) is 8.78 Å². The highest BCUT2D eigenvalue weighted by Crippen LogP contribution is 2.15. The molecule has 0 radical (unpaired) electrons. The number of anilines is 1. The van der Waals surface area contributed by atoms with Crippen molar-refractivity contribution in [1.29, 1.82) is 0 Å². The number of nitrogen functional groups attached to an aromatic ring is 1. The summed E-state index contributed by atoms with van der Waals surface area (Å²) in [7, 11) is 1.85. The van der Waals surface area contributed by atoms with E-state index in [1.807, 2.05) is 11.9 Å². The number of hydrogen-bond acceptors (Lipinski definition) is 2. The van der Waals surface area contributed by atoms with Gasteiger partial charge in [-0.3, -0.25) is 4.90 Å². The first-order valence-corrected chi connectivity index (χ1v) is 6.01. The lowest BCUT2D eigenvalue weighted by atomic mass is 10.1. The van der Waals surface area contributed by atoms with Gasteiger partial charge < -0.3 is 5.73 Å². The van der Waals surface area contributed by atoms with Crippen molar-refractivity contribution in [2.45, 2.75) is 13.1 Å². The zero-order valence-electron chi connectivity index (χ0n) is 10.7. The molecule has 2 aromatic rings. The largest absolute Gasteiger partial charge is 0.399 e. The molecule has 0 heterocycles. The van der Waals surface area contributed by atoms with E-state index < -0.39 is 0 Å². The second-order valence-electron chi connectivity index (χ2n) is 4.66. The van der Waals surface area contributed by atoms with E-state index in [0.717, 1.165) is 5.56 Å². The normalized spacial score (nSPS) is 10.9. The molecule has 0 saturated heterocycles. The number of benzene rings is 2. The SMILES string of the molecule is CN(Cc1cc(N)cc(F)c1)Cc1ccccc1F. The molecule has 100 valence electrons. The van der Waals surface area contributed by atoms with Crippen molar-refractivity contribution in [3.8, 4) is 0 Å². The summed E-state index contributed by atoms with van der Waals surface area (Å²) in [5.74, 6) is -0.581. The number of nitrogens with zero attached hydrogens (tertiary/aromatic N) is 1. The van der Waals surface area contributed by atoms with E-state index in [1.165, 1.54) is 18.2 Å². The van der Waals surface area contributed by atoms with E-state index in [4.69, 9.17) is 5.73 Å². The quantitative estimate of drug-likeness (QED) is 0.857. The zero-order valence-corrected chi connectivity index (χ0v) is 10.7. The van der Waals surface area contributed by atoms with Crippen molar-refractivity contribution in [2.75, 3.05) is 12.8 Å². The van der Waals surface area contributed by atoms with Crippen molar-refractivity contribution in [2.24, 2.45) is 0 Å². The lowest BCUT2D eigenvalue weighted by Crippen LogP contribution is -2.18. The van der Waals surface area contributed by atoms with Gasteiger partial charge in [-0.2, -0.15) is 0 Å². The lowest BCUT2D eigenvalue weighted by Gasteiger charge is -2.17. The maximum absolute atomic E-state index is 13.5. The van der Waals surface area contributed by atoms with Crippen LogP contribution < -0.4 is 5.73 Å². The summed E-state index contributed by atoms with van der Waals surface area (Å²) >= 11 is 0. The van der Waals surface area contributed by atoms with Gasteiger partial charge in [-0.1, -0.05) is 18.2 Å². The van der Waals surface area contributed by atoms with Crippen molar-refractivity contribution in [1.82, 2.24) is 4.90 Å². The number of halogens is 2. The fourth-order valence-electron chi connectivity index (χ4n) is 2.05. The van der Waals surface area contributed by atoms with Crippen molar-refractivity contribution >= 4 is 5.69 Å². The fraction of sp³-hybridized carbons (Fsp3) is 0.200. The first kappa shape index (κ1) is 13.5. The van der Waals surface area contributed by atoms with Crippen LogP contribution in [0.15, 0.2) is 42.5 Å². The van der Waals surface area contributed by atoms with E-state index in [1.54, 1.807) is 24.3 Å². The molecule has 0 aromatic heterocycles. The fourth-order valence-corrected chi connectivity index (χ4v) is 2.05. The molecule has 0 atom stereocenters. The Hall–Kier alpha value is -1.94. The van der Waals surface area contributed by atoms with Gasteiger partial charge in [-0.15, -0.1) is 0 Å². The van der Waals surface area contributed by atoms with E-state index in [-0.39, 0.29) is 11.6 Å². The zero-order chi connectivity index (χ0) is 13.8. The van der Waals surface area contributed by atoms with Crippen LogP contribution in [0.2, 0.25) is 0 Å². The Balaban J connectivity index is 2.05. The number of rotatable bonds is 4. The van der Waals surface area contributed by atoms with Crippen LogP contribution in [0.3, 0.4) is 0 Å². The van der Waals surface area contributed by atoms with Crippen LogP contribution in [0.25, 0.3) is 0 Å². The average Bonchev–Trinajstić information content (AvgIpc) is 2.30. The minimum atomic E-state index is -0.353. The minimum absolute atomic E-state index is 0.229. The first-order valence-electron chi connectivity index (χ1n) is 6.01. The molecule has 2 N–H and O–H groups in total. The number of hydrogen-bond donors (Lipinski definition) is 1. The summed E-state index contributed by atoms with van der Waals surface area (Å²) in [6.07, 6.45) is 0. The molecule has 0 aliphatic carbocycles. The molecule has 2 rings (SSSR count). The van der Waals surface area contributed by atoms with E-state index >= 15 is 0 Å². The summed E-state index contributed by atoms with van der Waals surface area (Å²) < 4.78 is 26.7. The molecule has 0 unspecified atom stereocenters. The first-order chi connectivity index (χ1) is 9.04. The molecule has 19 heavy (non-hydrogen) atoms. The third kappa shape index (κ3) is 3.76. The highest BCUT2D eigenvalue weighted by atomic mass is 19.1. The van der Waals surface area contributed by atoms with Gasteiger partial charge in [0, 0.05) is 24.3 Å². The molecule has 0 amide bonds. The topological polar surface area (TPSA) is 29.3 Å². The van der Waals surface area contributed by atoms with Crippen LogP contribution in [0.4, 0.5) is 14.5 Å². The monoisotopic (exact) mass is 262 g/mol. The Kier molecular flexibility index (Phi) is 4.12. The minimum Gasteiger partial charge on any atom is -0.399 e. The molecule has 4 heteroatoms. The molecule has 2 aromatic carbocycles. The average molecular weight is 262 g/mol. The van der Waals surface area contributed by atoms with Gasteiger partial charge >= 0.3 is 0 Å². The predicted octanol–water partition coefficient (Wildman–Crippen LogP) is 3.18. The predicted molar refractivity (Wildman–Crippen MR) is 72.4 cm³/mol. The van der Waals surface area contributed by atoms with E-state index in [2.05, 4.69) is 0 Å². The van der Waals surface area contributed by atoms with Gasteiger partial charge in [-0.25, -0.2) is 8.78 Å². The summed E-state index contributed by atoms with van der Waals surface area (Å²) in [4.78, 5) is 1.91. The van der Waals surface area contributed by atoms with Crippen LogP contribution in [-0.2, 0) is 13.1 Å². The highest BCUT2D eigenvalue weighted by molar-refractivity contribution is 5.41. The van der Waals surface area contributed by atoms with Crippen LogP contribution in [0.1, 0.15) is 11.1 Å². The summed E-state index contributed by atoms with van der Waals surface area (Å²) in [6.45, 7) is 0.972. The summed E-state index contributed by atoms with van der Waals surface area (Å²) in [5.41, 5.74) is 7.38. The highest BCUT2D eigenvalue weighted by Gasteiger charge is 2.07. The molecule has 0 bridgehead atoms. The Bertz CT molecular complexity index is 550. The Morgan fingerprint density at radius 2 is 1.79 bits per heavy atom. The second-order valence-corrected chi connectivity index (χ2v) is 4.66. The Morgan fingerprint density at radius 1 is 1.05 bits per heavy atom. The standard InChI is InChI=1S/C15H16F2N2/c1-19(10-12-4-2-3-5-15(12)17)9-11-6-13(16)8-14(18)7-11/h2-8H,9-10,18H2,1H3. The van der Waals surface area contributed by atoms with Gasteiger partial charge in [-0.05, 0) is 36.9 Å². The molecule has 0 aliphatic rings. The smallest absolute Gasteiger partial charge is 0.127 e. The molecule has 0 aliphatic heterocycles. The van der Waals surface area contributed by atoms with Crippen LogP contribution in [0.5, 0.6) is 0 Å². The van der Waals surface area contributed by atoms with Gasteiger partial charge in [0.2, 0.25) is 0 Å². The molecular weight excluding hydrogens is 246 g/mol. The second kappa shape index (κ2) is 5.80. The molecule has 2 nitrogen and oxygen atoms in total. The third-order valence-corrected chi connectivity index (χ3v) is 2.83. The van der Waals surface area contributed by atoms with Crippen LogP contribution in [0, 0.1) is 11.6 Å². The third-order valence-electron chi connectivity index (χ3n) is 2.83. The Morgan fingerprint density at radius 3 is 2.47 bits per heavy atom. The van der Waals surface area contributed by atoms with Gasteiger partial charge in [0.25, 0.3) is 0 Å². The van der Waals surface area contributed by atoms with Crippen molar-refractivity contribution in [3.05, 3.63) is 65.2 Å². The van der Waals surface area contributed by atoms with Gasteiger partial charge in [0.15, 0.2) is 0 Å². The molecular formula is C15H16F2N2. The van der Waals surface area contributed by atoms with E-state index in [0.29, 0.717) is 24.3 Å². The molecule has 0 saturated carbocycles. The maximum atomic E-state index is 13.5.